The lowest BCUT2D eigenvalue weighted by Crippen LogP contribution is -2.26. The number of carbonyl (C=O) groups is 1. The zero-order valence-electron chi connectivity index (χ0n) is 20.0. The smallest absolute Gasteiger partial charge is 0.277 e. The molecule has 2 aromatic heterocycles. The molecule has 0 bridgehead atoms. The lowest BCUT2D eigenvalue weighted by atomic mass is 10.1. The maximum absolute atomic E-state index is 13.3. The fourth-order valence-electron chi connectivity index (χ4n) is 4.00. The van der Waals surface area contributed by atoms with Crippen molar-refractivity contribution in [3.63, 3.8) is 0 Å². The Balaban J connectivity index is 1.61. The van der Waals surface area contributed by atoms with Gasteiger partial charge in [0.15, 0.2) is 0 Å². The third kappa shape index (κ3) is 4.39. The van der Waals surface area contributed by atoms with E-state index in [1.165, 1.54) is 4.52 Å². The van der Waals surface area contributed by atoms with Gasteiger partial charge in [-0.15, -0.1) is 0 Å². The van der Waals surface area contributed by atoms with Gasteiger partial charge < -0.3 is 19.4 Å². The Morgan fingerprint density at radius 3 is 2.59 bits per heavy atom. The van der Waals surface area contributed by atoms with Crippen molar-refractivity contribution in [1.82, 2.24) is 14.2 Å². The largest absolute Gasteiger partial charge is 0.497 e. The summed E-state index contributed by atoms with van der Waals surface area (Å²) in [6, 6.07) is 15.0. The Hall–Kier alpha value is -4.07. The first-order chi connectivity index (χ1) is 16.3. The molecule has 0 saturated heterocycles. The number of rotatable bonds is 7. The molecule has 0 spiro atoms. The highest BCUT2D eigenvalue weighted by Crippen LogP contribution is 2.26. The van der Waals surface area contributed by atoms with Crippen molar-refractivity contribution in [3.8, 4) is 22.8 Å². The number of nitrogens with zero attached hydrogens (tertiary/aromatic N) is 3. The molecular weight excluding hydrogens is 432 g/mol. The van der Waals surface area contributed by atoms with E-state index < -0.39 is 0 Å². The maximum Gasteiger partial charge on any atom is 0.277 e. The second-order valence-corrected chi connectivity index (χ2v) is 8.21. The van der Waals surface area contributed by atoms with Crippen molar-refractivity contribution in [2.75, 3.05) is 19.5 Å². The summed E-state index contributed by atoms with van der Waals surface area (Å²) >= 11 is 0. The zero-order chi connectivity index (χ0) is 24.4. The van der Waals surface area contributed by atoms with Crippen LogP contribution in [0, 0.1) is 13.8 Å². The van der Waals surface area contributed by atoms with Gasteiger partial charge in [0.05, 0.1) is 25.6 Å². The summed E-state index contributed by atoms with van der Waals surface area (Å²) in [5.41, 5.74) is 4.97. The standard InChI is InChI=1S/C26H28N4O4/c1-16-9-11-23(34-5)22(13-16)27-24(31)12-10-20-17(2)29(3)25-15-21(28-30(25)26(20)32)18-7-6-8-19(14-18)33-4/h6-9,11,13-15H,10,12H2,1-5H3,(H,27,31). The van der Waals surface area contributed by atoms with Crippen LogP contribution in [0.2, 0.25) is 0 Å². The van der Waals surface area contributed by atoms with E-state index in [1.54, 1.807) is 14.2 Å². The van der Waals surface area contributed by atoms with Crippen molar-refractivity contribution in [1.29, 1.82) is 0 Å². The van der Waals surface area contributed by atoms with Gasteiger partial charge in [0.1, 0.15) is 17.1 Å². The van der Waals surface area contributed by atoms with E-state index in [-0.39, 0.29) is 17.9 Å². The highest BCUT2D eigenvalue weighted by atomic mass is 16.5. The fourth-order valence-corrected chi connectivity index (χ4v) is 4.00. The molecule has 0 aliphatic carbocycles. The highest BCUT2D eigenvalue weighted by molar-refractivity contribution is 5.92. The van der Waals surface area contributed by atoms with Crippen LogP contribution in [-0.2, 0) is 18.3 Å². The molecule has 0 fully saturated rings. The van der Waals surface area contributed by atoms with Crippen LogP contribution in [0.5, 0.6) is 11.5 Å². The Labute approximate surface area is 197 Å². The molecule has 0 unspecified atom stereocenters. The van der Waals surface area contributed by atoms with Gasteiger partial charge in [-0.25, -0.2) is 0 Å². The van der Waals surface area contributed by atoms with E-state index in [9.17, 15) is 9.59 Å². The number of aromatic nitrogens is 3. The number of anilines is 1. The molecule has 0 radical (unpaired) electrons. The summed E-state index contributed by atoms with van der Waals surface area (Å²) in [5.74, 6) is 1.12. The van der Waals surface area contributed by atoms with Crippen LogP contribution in [-0.4, -0.2) is 34.3 Å². The first kappa shape index (κ1) is 23.1. The third-order valence-electron chi connectivity index (χ3n) is 6.02. The second kappa shape index (κ2) is 9.43. The summed E-state index contributed by atoms with van der Waals surface area (Å²) in [6.45, 7) is 3.83. The SMILES string of the molecule is COc1cccc(-c2cc3n(C)c(C)c(CCC(=O)Nc4cc(C)ccc4OC)c(=O)n3n2)c1. The minimum Gasteiger partial charge on any atom is -0.497 e. The van der Waals surface area contributed by atoms with Crippen molar-refractivity contribution < 1.29 is 14.3 Å². The van der Waals surface area contributed by atoms with Gasteiger partial charge in [0.2, 0.25) is 5.91 Å². The van der Waals surface area contributed by atoms with Gasteiger partial charge in [0.25, 0.3) is 5.56 Å². The molecule has 0 aliphatic rings. The molecule has 0 aliphatic heterocycles. The topological polar surface area (TPSA) is 86.9 Å². The van der Waals surface area contributed by atoms with E-state index in [1.807, 2.05) is 74.0 Å². The average Bonchev–Trinajstić information content (AvgIpc) is 3.29. The summed E-state index contributed by atoms with van der Waals surface area (Å²) in [5, 5.41) is 7.45. The van der Waals surface area contributed by atoms with Gasteiger partial charge in [-0.1, -0.05) is 18.2 Å². The number of hydrogen-bond acceptors (Lipinski definition) is 5. The van der Waals surface area contributed by atoms with Crippen LogP contribution < -0.4 is 20.3 Å². The van der Waals surface area contributed by atoms with Crippen LogP contribution in [0.4, 0.5) is 5.69 Å². The van der Waals surface area contributed by atoms with Gasteiger partial charge in [-0.2, -0.15) is 9.61 Å². The van der Waals surface area contributed by atoms with Crippen molar-refractivity contribution >= 4 is 17.2 Å². The number of methoxy groups -OCH3 is 2. The van der Waals surface area contributed by atoms with Crippen molar-refractivity contribution in [3.05, 3.63) is 75.7 Å². The lowest BCUT2D eigenvalue weighted by Gasteiger charge is -2.13. The van der Waals surface area contributed by atoms with Crippen LogP contribution in [0.25, 0.3) is 16.9 Å². The van der Waals surface area contributed by atoms with Crippen molar-refractivity contribution in [2.45, 2.75) is 26.7 Å². The molecule has 4 rings (SSSR count). The summed E-state index contributed by atoms with van der Waals surface area (Å²) in [6.07, 6.45) is 0.450. The van der Waals surface area contributed by atoms with E-state index in [0.717, 1.165) is 22.6 Å². The minimum atomic E-state index is -0.222. The van der Waals surface area contributed by atoms with Gasteiger partial charge in [0, 0.05) is 36.4 Å². The number of carbonyl (C=O) groups excluding carboxylic acids is 1. The summed E-state index contributed by atoms with van der Waals surface area (Å²) < 4.78 is 14.0. The van der Waals surface area contributed by atoms with Crippen LogP contribution in [0.1, 0.15) is 23.2 Å². The van der Waals surface area contributed by atoms with Crippen LogP contribution >= 0.6 is 0 Å². The quantitative estimate of drug-likeness (QED) is 0.452. The predicted molar refractivity (Wildman–Crippen MR) is 132 cm³/mol. The van der Waals surface area contributed by atoms with Crippen molar-refractivity contribution in [2.24, 2.45) is 7.05 Å². The molecule has 0 atom stereocenters. The molecule has 1 amide bonds. The molecular formula is C26H28N4O4. The van der Waals surface area contributed by atoms with Crippen LogP contribution in [0.3, 0.4) is 0 Å². The second-order valence-electron chi connectivity index (χ2n) is 8.21. The van der Waals surface area contributed by atoms with Gasteiger partial charge >= 0.3 is 0 Å². The molecule has 8 nitrogen and oxygen atoms in total. The highest BCUT2D eigenvalue weighted by Gasteiger charge is 2.17. The van der Waals surface area contributed by atoms with E-state index >= 15 is 0 Å². The Morgan fingerprint density at radius 2 is 1.85 bits per heavy atom. The summed E-state index contributed by atoms with van der Waals surface area (Å²) in [7, 11) is 5.06. The monoisotopic (exact) mass is 460 g/mol. The lowest BCUT2D eigenvalue weighted by molar-refractivity contribution is -0.116. The van der Waals surface area contributed by atoms with Gasteiger partial charge in [-0.3, -0.25) is 9.59 Å². The van der Waals surface area contributed by atoms with E-state index in [2.05, 4.69) is 10.4 Å². The molecule has 176 valence electrons. The predicted octanol–water partition coefficient (Wildman–Crippen LogP) is 3.91. The average molecular weight is 461 g/mol. The number of hydrogen-bond donors (Lipinski definition) is 1. The number of ether oxygens (including phenoxy) is 2. The molecule has 8 heteroatoms. The fraction of sp³-hybridized carbons (Fsp3) is 0.269. The Morgan fingerprint density at radius 1 is 1.06 bits per heavy atom. The third-order valence-corrected chi connectivity index (χ3v) is 6.02. The Kier molecular flexibility index (Phi) is 6.40. The van der Waals surface area contributed by atoms with Gasteiger partial charge in [-0.05, 0) is 50.1 Å². The molecule has 0 saturated carbocycles. The number of fused-ring (bicyclic) bond motifs is 1. The first-order valence-electron chi connectivity index (χ1n) is 11.0. The molecule has 4 aromatic rings. The number of benzene rings is 2. The zero-order valence-corrected chi connectivity index (χ0v) is 20.0. The maximum atomic E-state index is 13.3. The molecule has 1 N–H and O–H groups in total. The number of aryl methyl sites for hydroxylation is 2. The Bertz CT molecular complexity index is 1440. The minimum absolute atomic E-state index is 0.155. The first-order valence-corrected chi connectivity index (χ1v) is 11.0. The number of amides is 1. The van der Waals surface area contributed by atoms with Crippen LogP contribution in [0.15, 0.2) is 53.3 Å². The normalized spacial score (nSPS) is 11.0. The molecule has 34 heavy (non-hydrogen) atoms. The summed E-state index contributed by atoms with van der Waals surface area (Å²) in [4.78, 5) is 26.0. The van der Waals surface area contributed by atoms with E-state index in [4.69, 9.17) is 9.47 Å². The number of nitrogens with one attached hydrogen (secondary N) is 1. The molecule has 2 heterocycles. The van der Waals surface area contributed by atoms with E-state index in [0.29, 0.717) is 34.8 Å². The molecule has 2 aromatic carbocycles.